The van der Waals surface area contributed by atoms with E-state index >= 15 is 0 Å². The summed E-state index contributed by atoms with van der Waals surface area (Å²) in [4.78, 5) is 4.06. The summed E-state index contributed by atoms with van der Waals surface area (Å²) in [5.74, 6) is 2.01. The molecule has 1 N–H and O–H groups in total. The Hall–Kier alpha value is -2.15. The molecule has 1 aliphatic carbocycles. The van der Waals surface area contributed by atoms with Gasteiger partial charge in [-0.3, -0.25) is 0 Å². The monoisotopic (exact) mass is 371 g/mol. The van der Waals surface area contributed by atoms with Gasteiger partial charge in [0, 0.05) is 18.2 Å². The van der Waals surface area contributed by atoms with Crippen molar-refractivity contribution in [3.8, 4) is 5.75 Å². The summed E-state index contributed by atoms with van der Waals surface area (Å²) in [6, 6.07) is 9.25. The minimum absolute atomic E-state index is 0.382. The van der Waals surface area contributed by atoms with Gasteiger partial charge in [0.15, 0.2) is 0 Å². The molecule has 1 aliphatic heterocycles. The number of ether oxygens (including phenoxy) is 1. The molecule has 4 rings (SSSR count). The van der Waals surface area contributed by atoms with Gasteiger partial charge in [0.05, 0.1) is 39.3 Å². The first-order chi connectivity index (χ1) is 13.3. The van der Waals surface area contributed by atoms with Crippen LogP contribution in [0.15, 0.2) is 24.3 Å². The van der Waals surface area contributed by atoms with Crippen LogP contribution in [0.25, 0.3) is 0 Å². The van der Waals surface area contributed by atoms with Crippen LogP contribution in [0.4, 0.5) is 5.69 Å². The highest BCUT2D eigenvalue weighted by Crippen LogP contribution is 2.30. The van der Waals surface area contributed by atoms with E-state index < -0.39 is 0 Å². The fraction of sp³-hybridized carbons (Fsp3) is 0.650. The van der Waals surface area contributed by atoms with Gasteiger partial charge in [-0.2, -0.15) is 0 Å². The van der Waals surface area contributed by atoms with E-state index in [2.05, 4.69) is 50.2 Å². The average Bonchev–Trinajstić information content (AvgIpc) is 3.41. The molecule has 1 atom stereocenters. The lowest BCUT2D eigenvalue weighted by Gasteiger charge is -2.37. The number of hydrogen-bond acceptors (Lipinski definition) is 5. The van der Waals surface area contributed by atoms with Crippen molar-refractivity contribution in [1.29, 1.82) is 0 Å². The van der Waals surface area contributed by atoms with Gasteiger partial charge in [-0.15, -0.1) is 5.10 Å². The number of nitrogens with one attached hydrogen (secondary N) is 1. The number of anilines is 1. The minimum atomic E-state index is 0.382. The van der Waals surface area contributed by atoms with Crippen molar-refractivity contribution in [3.05, 3.63) is 30.1 Å². The molecule has 1 saturated heterocycles. The molecule has 0 amide bonds. The molecule has 1 saturated carbocycles. The number of aromatic nitrogens is 4. The van der Waals surface area contributed by atoms with Crippen LogP contribution in [-0.2, 0) is 0 Å². The predicted octanol–water partition coefficient (Wildman–Crippen LogP) is 1.65. The van der Waals surface area contributed by atoms with E-state index in [4.69, 9.17) is 4.74 Å². The average molecular weight is 372 g/mol. The summed E-state index contributed by atoms with van der Waals surface area (Å²) in [6.45, 7) is 6.56. The Balaban J connectivity index is 1.44. The van der Waals surface area contributed by atoms with Gasteiger partial charge in [0.2, 0.25) is 5.82 Å². The third kappa shape index (κ3) is 3.78. The first-order valence-electron chi connectivity index (χ1n) is 10.3. The molecular formula is C20H31N6O+. The quantitative estimate of drug-likeness (QED) is 0.837. The number of benzene rings is 1. The van der Waals surface area contributed by atoms with Crippen LogP contribution >= 0.6 is 0 Å². The molecule has 1 aromatic heterocycles. The summed E-state index contributed by atoms with van der Waals surface area (Å²) in [6.07, 6.45) is 6.10. The van der Waals surface area contributed by atoms with Crippen LogP contribution in [0, 0.1) is 0 Å². The van der Waals surface area contributed by atoms with Gasteiger partial charge >= 0.3 is 0 Å². The third-order valence-electron chi connectivity index (χ3n) is 6.23. The van der Waals surface area contributed by atoms with Crippen molar-refractivity contribution in [2.24, 2.45) is 0 Å². The number of quaternary nitrogens is 1. The van der Waals surface area contributed by atoms with Crippen LogP contribution in [0.5, 0.6) is 5.75 Å². The zero-order valence-electron chi connectivity index (χ0n) is 16.5. The van der Waals surface area contributed by atoms with Gasteiger partial charge in [-0.1, -0.05) is 25.8 Å². The standard InChI is InChI=1S/C20H30N6O/c1-3-19(20-21-22-23-26(20)16-7-4-5-8-16)25-13-11-24(12-14-25)17-9-6-10-18(15-17)27-2/h6,9-10,15-16,19H,3-5,7-8,11-14H2,1-2H3/p+1/t19-/m1/s1. The predicted molar refractivity (Wildman–Crippen MR) is 104 cm³/mol. The molecule has 2 aliphatic rings. The van der Waals surface area contributed by atoms with E-state index in [0.717, 1.165) is 44.2 Å². The Labute approximate surface area is 161 Å². The highest BCUT2D eigenvalue weighted by Gasteiger charge is 2.33. The maximum absolute atomic E-state index is 5.38. The van der Waals surface area contributed by atoms with Crippen LogP contribution in [0.2, 0.25) is 0 Å². The van der Waals surface area contributed by atoms with Crippen molar-refractivity contribution in [2.45, 2.75) is 51.1 Å². The highest BCUT2D eigenvalue weighted by atomic mass is 16.5. The van der Waals surface area contributed by atoms with Crippen molar-refractivity contribution >= 4 is 5.69 Å². The van der Waals surface area contributed by atoms with Crippen LogP contribution < -0.4 is 14.5 Å². The molecule has 7 heteroatoms. The lowest BCUT2D eigenvalue weighted by atomic mass is 10.1. The number of nitrogens with zero attached hydrogens (tertiary/aromatic N) is 5. The SMILES string of the molecule is CC[C@H](c1nnnn1C1CCCC1)[NH+]1CCN(c2cccc(OC)c2)CC1. The Morgan fingerprint density at radius 2 is 2.00 bits per heavy atom. The molecule has 2 aromatic rings. The van der Waals surface area contributed by atoms with Crippen molar-refractivity contribution < 1.29 is 9.64 Å². The second kappa shape index (κ2) is 8.25. The highest BCUT2D eigenvalue weighted by molar-refractivity contribution is 5.50. The minimum Gasteiger partial charge on any atom is -0.497 e. The van der Waals surface area contributed by atoms with Crippen molar-refractivity contribution in [1.82, 2.24) is 20.2 Å². The van der Waals surface area contributed by atoms with Gasteiger partial charge in [0.25, 0.3) is 0 Å². The number of methoxy groups -OCH3 is 1. The molecule has 2 heterocycles. The lowest BCUT2D eigenvalue weighted by molar-refractivity contribution is -0.933. The smallest absolute Gasteiger partial charge is 0.209 e. The van der Waals surface area contributed by atoms with Gasteiger partial charge in [0.1, 0.15) is 11.8 Å². The second-order valence-electron chi connectivity index (χ2n) is 7.73. The van der Waals surface area contributed by atoms with E-state index in [9.17, 15) is 0 Å². The Bertz CT molecular complexity index is 734. The maximum Gasteiger partial charge on any atom is 0.209 e. The van der Waals surface area contributed by atoms with Crippen LogP contribution in [0.1, 0.15) is 56.9 Å². The van der Waals surface area contributed by atoms with E-state index in [1.165, 1.54) is 31.4 Å². The number of rotatable bonds is 6. The van der Waals surface area contributed by atoms with E-state index in [0.29, 0.717) is 12.1 Å². The molecule has 146 valence electrons. The van der Waals surface area contributed by atoms with Gasteiger partial charge in [-0.25, -0.2) is 4.68 Å². The first-order valence-corrected chi connectivity index (χ1v) is 10.3. The Kier molecular flexibility index (Phi) is 5.57. The fourth-order valence-corrected chi connectivity index (χ4v) is 4.70. The maximum atomic E-state index is 5.38. The topological polar surface area (TPSA) is 60.5 Å². The molecule has 1 aromatic carbocycles. The summed E-state index contributed by atoms with van der Waals surface area (Å²) in [7, 11) is 1.72. The van der Waals surface area contributed by atoms with E-state index in [1.807, 2.05) is 6.07 Å². The lowest BCUT2D eigenvalue weighted by Crippen LogP contribution is -3.15. The normalized spacial score (nSPS) is 20.1. The molecule has 0 bridgehead atoms. The van der Waals surface area contributed by atoms with E-state index in [-0.39, 0.29) is 0 Å². The summed E-state index contributed by atoms with van der Waals surface area (Å²) >= 11 is 0. The number of piperazine rings is 1. The Morgan fingerprint density at radius 3 is 2.70 bits per heavy atom. The molecule has 7 nitrogen and oxygen atoms in total. The number of hydrogen-bond donors (Lipinski definition) is 1. The van der Waals surface area contributed by atoms with E-state index in [1.54, 1.807) is 12.0 Å². The van der Waals surface area contributed by atoms with Gasteiger partial charge in [-0.05, 0) is 35.4 Å². The van der Waals surface area contributed by atoms with Crippen LogP contribution in [-0.4, -0.2) is 53.5 Å². The Morgan fingerprint density at radius 1 is 1.22 bits per heavy atom. The molecule has 0 unspecified atom stereocenters. The first kappa shape index (κ1) is 18.2. The molecule has 27 heavy (non-hydrogen) atoms. The van der Waals surface area contributed by atoms with Gasteiger partial charge < -0.3 is 14.5 Å². The number of tetrazole rings is 1. The summed E-state index contributed by atoms with van der Waals surface area (Å²) in [5.41, 5.74) is 1.25. The zero-order chi connectivity index (χ0) is 18.6. The van der Waals surface area contributed by atoms with Crippen molar-refractivity contribution in [3.63, 3.8) is 0 Å². The van der Waals surface area contributed by atoms with Crippen molar-refractivity contribution in [2.75, 3.05) is 38.2 Å². The van der Waals surface area contributed by atoms with Crippen LogP contribution in [0.3, 0.4) is 0 Å². The summed E-state index contributed by atoms with van der Waals surface area (Å²) < 4.78 is 7.52. The molecule has 0 spiro atoms. The molecule has 2 fully saturated rings. The third-order valence-corrected chi connectivity index (χ3v) is 6.23. The molecular weight excluding hydrogens is 340 g/mol. The zero-order valence-corrected chi connectivity index (χ0v) is 16.5. The fourth-order valence-electron chi connectivity index (χ4n) is 4.70. The largest absolute Gasteiger partial charge is 0.497 e. The summed E-state index contributed by atoms with van der Waals surface area (Å²) in [5, 5.41) is 12.9. The second-order valence-corrected chi connectivity index (χ2v) is 7.73. The molecule has 0 radical (unpaired) electrons.